The van der Waals surface area contributed by atoms with E-state index in [-0.39, 0.29) is 64.8 Å². The lowest BCUT2D eigenvalue weighted by atomic mass is 9.83. The summed E-state index contributed by atoms with van der Waals surface area (Å²) in [6.07, 6.45) is 2.76. The Kier molecular flexibility index (Phi) is 28.3. The zero-order valence-electron chi connectivity index (χ0n) is 55.3. The van der Waals surface area contributed by atoms with E-state index in [2.05, 4.69) is 58.4 Å². The Morgan fingerprint density at radius 2 is 1.70 bits per heavy atom. The monoisotopic (exact) mass is 1460 g/mol. The Morgan fingerprint density at radius 1 is 1.00 bits per heavy atom. The van der Waals surface area contributed by atoms with Crippen LogP contribution in [-0.4, -0.2) is 208 Å². The molecule has 94 heavy (non-hydrogen) atoms. The van der Waals surface area contributed by atoms with Gasteiger partial charge in [0.2, 0.25) is 17.7 Å². The number of primary amides is 1. The third-order valence-corrected chi connectivity index (χ3v) is 19.9. The minimum Gasteiger partial charge on any atom is -0.495 e. The number of benzene rings is 2. The molecule has 3 saturated heterocycles. The van der Waals surface area contributed by atoms with Crippen LogP contribution in [0.3, 0.4) is 0 Å². The first-order valence-electron chi connectivity index (χ1n) is 31.5. The summed E-state index contributed by atoms with van der Waals surface area (Å²) in [5, 5.41) is 26.8. The molecule has 4 aliphatic rings. The number of epoxide rings is 1. The van der Waals surface area contributed by atoms with E-state index in [1.165, 1.54) is 51.1 Å². The summed E-state index contributed by atoms with van der Waals surface area (Å²) in [5.74, 6) is -3.94. The van der Waals surface area contributed by atoms with Crippen LogP contribution in [0, 0.1) is 11.8 Å². The second kappa shape index (κ2) is 34.6. The summed E-state index contributed by atoms with van der Waals surface area (Å²) >= 11 is 13.6. The van der Waals surface area contributed by atoms with Gasteiger partial charge >= 0.3 is 18.1 Å². The zero-order chi connectivity index (χ0) is 69.4. The molecule has 4 bridgehead atoms. The van der Waals surface area contributed by atoms with Crippen LogP contribution in [-0.2, 0) is 63.6 Å². The molecule has 0 saturated carbocycles. The molecule has 8 N–H and O–H groups in total. The first kappa shape index (κ1) is 76.8. The number of anilines is 3. The van der Waals surface area contributed by atoms with Crippen LogP contribution in [0.4, 0.5) is 26.7 Å². The number of nitrogens with two attached hydrogens (primary N) is 1. The number of carbonyl (C=O) groups is 9. The first-order chi connectivity index (χ1) is 44.5. The van der Waals surface area contributed by atoms with E-state index >= 15 is 0 Å². The first-order valence-corrected chi connectivity index (χ1v) is 34.1. The molecule has 12 atom stereocenters. The Labute approximate surface area is 571 Å². The summed E-state index contributed by atoms with van der Waals surface area (Å²) in [4.78, 5) is 126. The van der Waals surface area contributed by atoms with Gasteiger partial charge in [0.15, 0.2) is 12.0 Å². The summed E-state index contributed by atoms with van der Waals surface area (Å²) in [6.45, 7) is 13.7. The van der Waals surface area contributed by atoms with E-state index in [1.807, 2.05) is 24.8 Å². The van der Waals surface area contributed by atoms with Gasteiger partial charge in [-0.1, -0.05) is 88.0 Å². The van der Waals surface area contributed by atoms with Gasteiger partial charge in [-0.25, -0.2) is 14.4 Å². The predicted molar refractivity (Wildman–Crippen MR) is 360 cm³/mol. The number of aldehydes is 2. The van der Waals surface area contributed by atoms with E-state index in [0.717, 1.165) is 23.7 Å². The average molecular weight is 1470 g/mol. The number of halogens is 3. The molecule has 0 spiro atoms. The van der Waals surface area contributed by atoms with Crippen LogP contribution >= 0.6 is 43.5 Å². The van der Waals surface area contributed by atoms with Crippen molar-refractivity contribution in [2.24, 2.45) is 17.6 Å². The number of carbonyl (C=O) groups excluding carboxylic acids is 9. The molecule has 4 aliphatic heterocycles. The maximum absolute atomic E-state index is 14.7. The number of aliphatic hydroxyl groups is 1. The van der Waals surface area contributed by atoms with Gasteiger partial charge in [-0.3, -0.25) is 29.8 Å². The summed E-state index contributed by atoms with van der Waals surface area (Å²) in [7, 11) is 5.81. The van der Waals surface area contributed by atoms with Crippen LogP contribution in [0.5, 0.6) is 5.75 Å². The zero-order valence-corrected chi connectivity index (χ0v) is 59.2. The smallest absolute Gasteiger partial charge is 0.409 e. The number of urea groups is 1. The fourth-order valence-electron chi connectivity index (χ4n) is 11.8. The molecule has 7 amide bonds. The van der Waals surface area contributed by atoms with Crippen LogP contribution in [0.1, 0.15) is 109 Å². The van der Waals surface area contributed by atoms with E-state index < -0.39 is 120 Å². The van der Waals surface area contributed by atoms with Crippen molar-refractivity contribution in [1.82, 2.24) is 26.2 Å². The number of morpholine rings is 1. The summed E-state index contributed by atoms with van der Waals surface area (Å²) in [5.41, 5.74) is 3.73. The van der Waals surface area contributed by atoms with Crippen molar-refractivity contribution < 1.29 is 81.4 Å². The van der Waals surface area contributed by atoms with Crippen LogP contribution in [0.2, 0.25) is 5.02 Å². The second-order valence-corrected chi connectivity index (χ2v) is 26.6. The third-order valence-electron chi connectivity index (χ3n) is 17.6. The molecule has 0 radical (unpaired) electrons. The standard InChI is InChI=1S/C65H92Br2ClN9O17/c1-37(2)55(71-44(33-78)17-13-16-39(4)93-64(34-66,35-67)36-79)58(82)73-46(18-14-22-70-61(69)85)57(81)72-45-21-20-43(30-47(45)77-23-25-90-26-24-77)59(83)75(8)41(6)60(84)92-52-31-53(80)76(9)48-28-42(29-49(88-10)54(48)68)27-38(3)15-12-19-51(89-11)65(87)32-50(91-62(86)74-65)40(5)56-63(52,7)94-56/h12,15,19-21,28-30,33,36-37,39-41,44,46,50-52,55-56,71,87H,13-14,16-18,22-27,31-32,34-35H2,1-11H3,(H,72,81)(H,73,82)(H,74,86)(H3,69,70,85)/b19-12+,38-15+/t39?,40-,41+,44+,46+,50+,51-,52+,55+,56+,63+,65+/m1/s1. The van der Waals surface area contributed by atoms with E-state index in [4.69, 9.17) is 50.5 Å². The molecule has 0 aromatic heterocycles. The molecule has 0 aliphatic carbocycles. The van der Waals surface area contributed by atoms with E-state index in [9.17, 15) is 48.3 Å². The molecule has 3 fully saturated rings. The van der Waals surface area contributed by atoms with Gasteiger partial charge in [0, 0.05) is 69.4 Å². The number of esters is 1. The third kappa shape index (κ3) is 19.7. The molecule has 2 aromatic rings. The van der Waals surface area contributed by atoms with Crippen molar-refractivity contribution in [3.63, 3.8) is 0 Å². The van der Waals surface area contributed by atoms with E-state index in [1.54, 1.807) is 64.1 Å². The number of nitrogens with one attached hydrogen (secondary N) is 5. The highest BCUT2D eigenvalue weighted by molar-refractivity contribution is 9.10. The number of amides is 7. The van der Waals surface area contributed by atoms with E-state index in [0.29, 0.717) is 69.1 Å². The van der Waals surface area contributed by atoms with Gasteiger partial charge < -0.3 is 84.2 Å². The van der Waals surface area contributed by atoms with Gasteiger partial charge in [-0.15, -0.1) is 0 Å². The molecule has 520 valence electrons. The maximum atomic E-state index is 14.7. The Morgan fingerprint density at radius 3 is 2.33 bits per heavy atom. The number of nitrogens with zero attached hydrogens (tertiary/aromatic N) is 3. The lowest BCUT2D eigenvalue weighted by Crippen LogP contribution is -2.63. The lowest BCUT2D eigenvalue weighted by molar-refractivity contribution is -0.158. The summed E-state index contributed by atoms with van der Waals surface area (Å²) < 4.78 is 41.5. The highest BCUT2D eigenvalue weighted by Crippen LogP contribution is 2.49. The van der Waals surface area contributed by atoms with Crippen molar-refractivity contribution in [2.45, 2.75) is 171 Å². The lowest BCUT2D eigenvalue weighted by Gasteiger charge is -2.42. The number of hydrogen-bond acceptors (Lipinski definition) is 19. The van der Waals surface area contributed by atoms with Crippen LogP contribution in [0.25, 0.3) is 0 Å². The highest BCUT2D eigenvalue weighted by atomic mass is 79.9. The quantitative estimate of drug-likeness (QED) is 0.0168. The minimum atomic E-state index is -1.93. The Hall–Kier alpha value is -6.24. The number of alkyl carbamates (subject to hydrolysis) is 1. The molecule has 29 heteroatoms. The molecule has 4 heterocycles. The normalized spacial score (nSPS) is 25.1. The minimum absolute atomic E-state index is 0.0438. The number of rotatable bonds is 28. The van der Waals surface area contributed by atoms with Crippen LogP contribution < -0.4 is 46.9 Å². The van der Waals surface area contributed by atoms with Gasteiger partial charge in [0.1, 0.15) is 58.7 Å². The molecule has 1 unspecified atom stereocenters. The number of hydrogen-bond donors (Lipinski definition) is 7. The molecule has 6 rings (SSSR count). The van der Waals surface area contributed by atoms with Crippen molar-refractivity contribution in [3.05, 3.63) is 70.3 Å². The number of allylic oxidation sites excluding steroid dienone is 3. The number of methoxy groups -OCH3 is 2. The van der Waals surface area contributed by atoms with Crippen molar-refractivity contribution in [3.8, 4) is 5.75 Å². The predicted octanol–water partition coefficient (Wildman–Crippen LogP) is 6.02. The molecular formula is C65H92Br2ClN9O17. The number of likely N-dealkylation sites (N-methyl/N-ethyl adjacent to an activating group) is 1. The van der Waals surface area contributed by atoms with Gasteiger partial charge in [0.05, 0.1) is 68.1 Å². The SMILES string of the molecule is COc1cc2cc(c1Cl)N(C)C(=O)C[C@H](OC(=O)[C@H](C)N(C)C(=O)c1ccc(NC(=O)[C@H](CCCNC(N)=O)NC(=O)[C@@H](N[C@H](C=O)CCCC(C)OC(C=O)(CBr)CBr)C(C)C)c(N3CCOCC3)c1)[C@]1(C)O[C@H]1[C@H](C)[C@@H]1C[C@@](O)(NC(=O)O1)[C@H](OC)/C=C/C=C(\C)C2. The highest BCUT2D eigenvalue weighted by Gasteiger charge is 2.64. The maximum Gasteiger partial charge on any atom is 0.409 e. The second-order valence-electron chi connectivity index (χ2n) is 25.1. The van der Waals surface area contributed by atoms with Gasteiger partial charge in [-0.2, -0.15) is 0 Å². The molecular weight excluding hydrogens is 1370 g/mol. The average Bonchev–Trinajstić information content (AvgIpc) is 1.57. The van der Waals surface area contributed by atoms with Crippen LogP contribution in [0.15, 0.2) is 54.1 Å². The molecule has 2 aromatic carbocycles. The fourth-order valence-corrected chi connectivity index (χ4v) is 13.5. The van der Waals surface area contributed by atoms with Gasteiger partial charge in [-0.05, 0) is 108 Å². The number of ether oxygens (including phenoxy) is 7. The Balaban J connectivity index is 1.24. The Bertz CT molecular complexity index is 3100. The van der Waals surface area contributed by atoms with Crippen molar-refractivity contribution in [1.29, 1.82) is 0 Å². The van der Waals surface area contributed by atoms with Gasteiger partial charge in [0.25, 0.3) is 5.91 Å². The number of fused-ring (bicyclic) bond motifs is 5. The number of alkyl halides is 2. The largest absolute Gasteiger partial charge is 0.495 e. The fraction of sp³-hybridized carbons (Fsp3) is 0.615. The summed E-state index contributed by atoms with van der Waals surface area (Å²) in [6, 6.07) is 3.18. The van der Waals surface area contributed by atoms with Crippen molar-refractivity contribution in [2.75, 3.05) is 86.9 Å². The topological polar surface area (TPSA) is 338 Å². The molecule has 26 nitrogen and oxygen atoms in total. The van der Waals surface area contributed by atoms with Crippen molar-refractivity contribution >= 4 is 115 Å².